The predicted octanol–water partition coefficient (Wildman–Crippen LogP) is 3.51. The van der Waals surface area contributed by atoms with E-state index >= 15 is 0 Å². The molecule has 9 heteroatoms. The number of fused-ring (bicyclic) bond motifs is 1. The number of aromatic nitrogens is 2. The lowest BCUT2D eigenvalue weighted by atomic mass is 9.91. The molecule has 9 nitrogen and oxygen atoms in total. The summed E-state index contributed by atoms with van der Waals surface area (Å²) in [6.45, 7) is 3.16. The van der Waals surface area contributed by atoms with E-state index in [4.69, 9.17) is 11.5 Å². The molecule has 2 atom stereocenters. The molecule has 1 saturated carbocycles. The minimum Gasteiger partial charge on any atom is -0.365 e. The van der Waals surface area contributed by atoms with Gasteiger partial charge in [-0.25, -0.2) is 4.98 Å². The van der Waals surface area contributed by atoms with Crippen LogP contribution < -0.4 is 22.1 Å². The zero-order valence-corrected chi connectivity index (χ0v) is 21.0. The maximum atomic E-state index is 13.1. The lowest BCUT2D eigenvalue weighted by Gasteiger charge is -2.30. The summed E-state index contributed by atoms with van der Waals surface area (Å²) >= 11 is 0. The molecular formula is C28H33N7O2. The highest BCUT2D eigenvalue weighted by atomic mass is 16.2. The van der Waals surface area contributed by atoms with Gasteiger partial charge in [0.25, 0.3) is 11.8 Å². The highest BCUT2D eigenvalue weighted by Crippen LogP contribution is 2.27. The van der Waals surface area contributed by atoms with Gasteiger partial charge < -0.3 is 27.0 Å². The van der Waals surface area contributed by atoms with Crippen molar-refractivity contribution in [2.45, 2.75) is 57.7 Å². The number of hydrogen-bond donors (Lipinski definition) is 4. The molecule has 0 saturated heterocycles. The van der Waals surface area contributed by atoms with Crippen molar-refractivity contribution in [2.75, 3.05) is 17.2 Å². The number of rotatable bonds is 6. The van der Waals surface area contributed by atoms with Gasteiger partial charge >= 0.3 is 0 Å². The van der Waals surface area contributed by atoms with Gasteiger partial charge in [0.15, 0.2) is 0 Å². The number of amides is 2. The van der Waals surface area contributed by atoms with Crippen LogP contribution in [0, 0.1) is 6.92 Å². The number of hydrogen-bond acceptors (Lipinski definition) is 7. The normalized spacial score (nSPS) is 19.1. The summed E-state index contributed by atoms with van der Waals surface area (Å²) in [5, 5.41) is 6.58. The zero-order valence-electron chi connectivity index (χ0n) is 21.0. The molecule has 2 aromatic carbocycles. The SMILES string of the molecule is Cc1cccc(C(=O)N2CCc3ccc(Nc4nc(NC5CCCCC5N)ncc4C(N)=O)cc3C2)c1. The Morgan fingerprint density at radius 3 is 2.70 bits per heavy atom. The summed E-state index contributed by atoms with van der Waals surface area (Å²) in [7, 11) is 0. The minimum atomic E-state index is -0.615. The summed E-state index contributed by atoms with van der Waals surface area (Å²) in [6, 6.07) is 13.8. The van der Waals surface area contributed by atoms with Crippen LogP contribution >= 0.6 is 0 Å². The first-order valence-corrected chi connectivity index (χ1v) is 12.8. The van der Waals surface area contributed by atoms with Crippen molar-refractivity contribution in [3.05, 3.63) is 76.5 Å². The first-order valence-electron chi connectivity index (χ1n) is 12.8. The van der Waals surface area contributed by atoms with Crippen molar-refractivity contribution >= 4 is 29.3 Å². The summed E-state index contributed by atoms with van der Waals surface area (Å²) in [4.78, 5) is 35.9. The molecule has 1 aliphatic heterocycles. The monoisotopic (exact) mass is 499 g/mol. The van der Waals surface area contributed by atoms with Crippen molar-refractivity contribution in [1.82, 2.24) is 14.9 Å². The first-order chi connectivity index (χ1) is 17.9. The average molecular weight is 500 g/mol. The number of nitrogens with one attached hydrogen (secondary N) is 2. The molecule has 3 aromatic rings. The molecule has 192 valence electrons. The smallest absolute Gasteiger partial charge is 0.254 e. The van der Waals surface area contributed by atoms with E-state index in [1.165, 1.54) is 11.8 Å². The molecule has 2 unspecified atom stereocenters. The molecule has 2 aliphatic rings. The molecule has 0 radical (unpaired) electrons. The van der Waals surface area contributed by atoms with Crippen molar-refractivity contribution in [3.8, 4) is 0 Å². The van der Waals surface area contributed by atoms with Crippen molar-refractivity contribution in [3.63, 3.8) is 0 Å². The Morgan fingerprint density at radius 2 is 1.92 bits per heavy atom. The van der Waals surface area contributed by atoms with E-state index in [9.17, 15) is 9.59 Å². The Hall–Kier alpha value is -3.98. The zero-order chi connectivity index (χ0) is 25.9. The van der Waals surface area contributed by atoms with Crippen LogP contribution in [0.15, 0.2) is 48.7 Å². The number of carbonyl (C=O) groups is 2. The fourth-order valence-electron chi connectivity index (χ4n) is 5.14. The fraction of sp³-hybridized carbons (Fsp3) is 0.357. The van der Waals surface area contributed by atoms with E-state index in [1.54, 1.807) is 0 Å². The molecule has 1 aliphatic carbocycles. The van der Waals surface area contributed by atoms with Crippen LogP contribution in [0.3, 0.4) is 0 Å². The Morgan fingerprint density at radius 1 is 1.08 bits per heavy atom. The Kier molecular flexibility index (Phi) is 7.05. The number of carbonyl (C=O) groups excluding carboxylic acids is 2. The van der Waals surface area contributed by atoms with Crippen LogP contribution in [0.25, 0.3) is 0 Å². The van der Waals surface area contributed by atoms with E-state index in [-0.39, 0.29) is 23.6 Å². The number of aryl methyl sites for hydroxylation is 1. The third-order valence-corrected chi connectivity index (χ3v) is 7.22. The van der Waals surface area contributed by atoms with Gasteiger partial charge in [0.05, 0.1) is 0 Å². The van der Waals surface area contributed by atoms with Crippen LogP contribution in [0.4, 0.5) is 17.5 Å². The van der Waals surface area contributed by atoms with Gasteiger partial charge in [0.2, 0.25) is 5.95 Å². The number of benzene rings is 2. The molecule has 5 rings (SSSR count). The van der Waals surface area contributed by atoms with Gasteiger partial charge in [-0.3, -0.25) is 9.59 Å². The topological polar surface area (TPSA) is 139 Å². The van der Waals surface area contributed by atoms with E-state index in [2.05, 4.69) is 26.7 Å². The van der Waals surface area contributed by atoms with Gasteiger partial charge in [0, 0.05) is 42.6 Å². The van der Waals surface area contributed by atoms with Gasteiger partial charge in [-0.05, 0) is 61.6 Å². The highest BCUT2D eigenvalue weighted by Gasteiger charge is 2.24. The second kappa shape index (κ2) is 10.6. The van der Waals surface area contributed by atoms with E-state index in [1.807, 2.05) is 48.2 Å². The molecule has 1 fully saturated rings. The summed E-state index contributed by atoms with van der Waals surface area (Å²) in [5.74, 6) is 0.146. The van der Waals surface area contributed by atoms with Crippen LogP contribution in [0.2, 0.25) is 0 Å². The highest BCUT2D eigenvalue weighted by molar-refractivity contribution is 5.98. The van der Waals surface area contributed by atoms with Crippen molar-refractivity contribution < 1.29 is 9.59 Å². The standard InChI is InChI=1S/C28H33N7O2/c1-17-5-4-6-19(13-17)27(37)35-12-11-18-9-10-21(14-20(18)16-35)32-26-22(25(30)36)15-31-28(34-26)33-24-8-3-2-7-23(24)29/h4-6,9-10,13-15,23-24H,2-3,7-8,11-12,16,29H2,1H3,(H2,30,36)(H2,31,32,33,34). The fourth-order valence-corrected chi connectivity index (χ4v) is 5.14. The number of anilines is 3. The van der Waals surface area contributed by atoms with Crippen LogP contribution in [0.5, 0.6) is 0 Å². The quantitative estimate of drug-likeness (QED) is 0.407. The van der Waals surface area contributed by atoms with Gasteiger partial charge in [-0.1, -0.05) is 36.6 Å². The van der Waals surface area contributed by atoms with Crippen molar-refractivity contribution in [2.24, 2.45) is 11.5 Å². The first kappa shape index (κ1) is 24.7. The van der Waals surface area contributed by atoms with Crippen molar-refractivity contribution in [1.29, 1.82) is 0 Å². The minimum absolute atomic E-state index is 0.0242. The van der Waals surface area contributed by atoms with Gasteiger partial charge in [-0.2, -0.15) is 4.98 Å². The molecule has 0 spiro atoms. The van der Waals surface area contributed by atoms with Gasteiger partial charge in [0.1, 0.15) is 11.4 Å². The summed E-state index contributed by atoms with van der Waals surface area (Å²) in [6.07, 6.45) is 6.36. The predicted molar refractivity (Wildman–Crippen MR) is 144 cm³/mol. The largest absolute Gasteiger partial charge is 0.365 e. The third-order valence-electron chi connectivity index (χ3n) is 7.22. The van der Waals surface area contributed by atoms with Crippen LogP contribution in [-0.2, 0) is 13.0 Å². The molecule has 2 amide bonds. The molecule has 6 N–H and O–H groups in total. The average Bonchev–Trinajstić information content (AvgIpc) is 2.89. The molecule has 2 heterocycles. The molecular weight excluding hydrogens is 466 g/mol. The Bertz CT molecular complexity index is 1330. The second-order valence-corrected chi connectivity index (χ2v) is 9.97. The molecule has 0 bridgehead atoms. The Balaban J connectivity index is 1.36. The number of primary amides is 1. The van der Waals surface area contributed by atoms with Crippen LogP contribution in [0.1, 0.15) is 63.1 Å². The lowest BCUT2D eigenvalue weighted by molar-refractivity contribution is 0.0734. The van der Waals surface area contributed by atoms with Crippen LogP contribution in [-0.4, -0.2) is 45.3 Å². The molecule has 1 aromatic heterocycles. The summed E-state index contributed by atoms with van der Waals surface area (Å²) < 4.78 is 0. The van der Waals surface area contributed by atoms with E-state index < -0.39 is 5.91 Å². The lowest BCUT2D eigenvalue weighted by Crippen LogP contribution is -2.43. The summed E-state index contributed by atoms with van der Waals surface area (Å²) in [5.41, 5.74) is 16.8. The second-order valence-electron chi connectivity index (χ2n) is 9.97. The number of nitrogens with zero attached hydrogens (tertiary/aromatic N) is 3. The molecule has 37 heavy (non-hydrogen) atoms. The maximum Gasteiger partial charge on any atom is 0.254 e. The number of nitrogens with two attached hydrogens (primary N) is 2. The Labute approximate surface area is 216 Å². The van der Waals surface area contributed by atoms with E-state index in [0.29, 0.717) is 30.4 Å². The van der Waals surface area contributed by atoms with E-state index in [0.717, 1.165) is 48.9 Å². The third kappa shape index (κ3) is 5.56. The maximum absolute atomic E-state index is 13.1. The van der Waals surface area contributed by atoms with Gasteiger partial charge in [-0.15, -0.1) is 0 Å².